The van der Waals surface area contributed by atoms with Crippen molar-refractivity contribution in [2.75, 3.05) is 0 Å². The molecule has 0 fully saturated rings. The van der Waals surface area contributed by atoms with Gasteiger partial charge in [0.15, 0.2) is 0 Å². The normalized spacial score (nSPS) is 4.91. The predicted octanol–water partition coefficient (Wildman–Crippen LogP) is 2.23. The molecule has 0 aliphatic carbocycles. The zero-order chi connectivity index (χ0) is 4.83. The van der Waals surface area contributed by atoms with Crippen molar-refractivity contribution in [1.82, 2.24) is 0 Å². The van der Waals surface area contributed by atoms with Crippen LogP contribution in [0, 0.1) is 0 Å². The molecule has 0 amide bonds. The molecule has 0 aliphatic rings. The van der Waals surface area contributed by atoms with Gasteiger partial charge >= 0.3 is 34.7 Å². The van der Waals surface area contributed by atoms with Gasteiger partial charge in [-0.1, -0.05) is 39.5 Å². The summed E-state index contributed by atoms with van der Waals surface area (Å²) in [5.74, 6) is 0. The third-order valence-corrected chi connectivity index (χ3v) is 0.957. The van der Waals surface area contributed by atoms with Crippen LogP contribution in [0.1, 0.15) is 39.5 Å². The van der Waals surface area contributed by atoms with Crippen LogP contribution in [0.15, 0.2) is 0 Å². The van der Waals surface area contributed by atoms with Crippen LogP contribution in [-0.4, -0.2) is 0 Å². The maximum absolute atomic E-state index is 2.23. The van der Waals surface area contributed by atoms with Gasteiger partial charge < -0.3 is 16.4 Å². The van der Waals surface area contributed by atoms with E-state index in [1.165, 1.54) is 25.7 Å². The van der Waals surface area contributed by atoms with E-state index in [2.05, 4.69) is 13.8 Å². The molecular weight excluding hydrogens is 224 g/mol. The van der Waals surface area contributed by atoms with E-state index in [0.29, 0.717) is 0 Å². The van der Waals surface area contributed by atoms with Crippen molar-refractivity contribution in [2.24, 2.45) is 0 Å². The van der Waals surface area contributed by atoms with Crippen molar-refractivity contribution in [3.8, 4) is 0 Å². The van der Waals surface area contributed by atoms with Crippen LogP contribution in [-0.2, 0) is 51.2 Å². The summed E-state index contributed by atoms with van der Waals surface area (Å²) in [5, 5.41) is 0. The molecule has 0 spiro atoms. The molecule has 0 aromatic carbocycles. The van der Waals surface area contributed by atoms with E-state index in [1.54, 1.807) is 0 Å². The van der Waals surface area contributed by atoms with E-state index >= 15 is 0 Å². The summed E-state index contributed by atoms with van der Waals surface area (Å²) in [4.78, 5) is 0. The molecule has 0 heterocycles. The predicted molar refractivity (Wildman–Crippen MR) is 31.9 cm³/mol. The van der Waals surface area contributed by atoms with Crippen molar-refractivity contribution in [3.63, 3.8) is 0 Å². The van der Waals surface area contributed by atoms with Crippen molar-refractivity contribution < 1.29 is 51.2 Å². The Balaban J connectivity index is -0.0000000125. The molecular formula is C6H14Cr2O3. The smallest absolute Gasteiger partial charge is 2.00 e. The standard InChI is InChI=1S/C6H14.2Cr.3O/c1-3-5-6-4-2;;;;;/h3-6H2,1-2H3;;;;;/q;2*+3;3*-2. The average Bonchev–Trinajstić information content (AvgIpc) is 1.61. The first-order chi connectivity index (χ1) is 2.91. The molecule has 0 aromatic rings. The Hall–Kier alpha value is 0.945. The summed E-state index contributed by atoms with van der Waals surface area (Å²) in [7, 11) is 0. The number of hydrogen-bond donors (Lipinski definition) is 0. The van der Waals surface area contributed by atoms with E-state index in [9.17, 15) is 0 Å². The molecule has 0 atom stereocenters. The first kappa shape index (κ1) is 40.5. The largest absolute Gasteiger partial charge is 3.00 e. The third-order valence-electron chi connectivity index (χ3n) is 0.957. The minimum absolute atomic E-state index is 0. The Morgan fingerprint density at radius 1 is 0.636 bits per heavy atom. The van der Waals surface area contributed by atoms with Crippen molar-refractivity contribution in [2.45, 2.75) is 39.5 Å². The van der Waals surface area contributed by atoms with Gasteiger partial charge in [-0.3, -0.25) is 0 Å². The first-order valence-electron chi connectivity index (χ1n) is 2.91. The van der Waals surface area contributed by atoms with Gasteiger partial charge in [0.05, 0.1) is 0 Å². The Bertz CT molecular complexity index is 27.8. The van der Waals surface area contributed by atoms with Crippen LogP contribution >= 0.6 is 0 Å². The fourth-order valence-electron chi connectivity index (χ4n) is 0.500. The third kappa shape index (κ3) is 56.3. The van der Waals surface area contributed by atoms with E-state index in [0.717, 1.165) is 0 Å². The Kier molecular flexibility index (Phi) is 163. The maximum Gasteiger partial charge on any atom is 3.00 e. The second kappa shape index (κ2) is 44.3. The molecule has 0 saturated heterocycles. The summed E-state index contributed by atoms with van der Waals surface area (Å²) >= 11 is 0. The Morgan fingerprint density at radius 3 is 0.909 bits per heavy atom. The van der Waals surface area contributed by atoms with Gasteiger partial charge in [0.25, 0.3) is 0 Å². The molecule has 3 nitrogen and oxygen atoms in total. The van der Waals surface area contributed by atoms with Gasteiger partial charge in [-0.2, -0.15) is 0 Å². The van der Waals surface area contributed by atoms with Crippen molar-refractivity contribution in [1.29, 1.82) is 0 Å². The maximum atomic E-state index is 2.23. The van der Waals surface area contributed by atoms with Gasteiger partial charge in [-0.05, 0) is 0 Å². The van der Waals surface area contributed by atoms with Gasteiger partial charge in [0, 0.05) is 0 Å². The molecule has 0 aromatic heterocycles. The topological polar surface area (TPSA) is 85.5 Å². The van der Waals surface area contributed by atoms with E-state index in [1.807, 2.05) is 0 Å². The van der Waals surface area contributed by atoms with Gasteiger partial charge in [-0.15, -0.1) is 0 Å². The van der Waals surface area contributed by atoms with Gasteiger partial charge in [-0.25, -0.2) is 0 Å². The number of unbranched alkanes of at least 4 members (excludes halogenated alkanes) is 3. The summed E-state index contributed by atoms with van der Waals surface area (Å²) < 4.78 is 0. The Morgan fingerprint density at radius 2 is 0.818 bits per heavy atom. The van der Waals surface area contributed by atoms with Crippen LogP contribution in [0.2, 0.25) is 0 Å². The van der Waals surface area contributed by atoms with Crippen molar-refractivity contribution >= 4 is 0 Å². The minimum atomic E-state index is 0. The molecule has 0 rings (SSSR count). The molecule has 0 bridgehead atoms. The molecule has 0 saturated carbocycles. The SMILES string of the molecule is CCCCCC.[Cr+3].[Cr+3].[O-2].[O-2].[O-2]. The fraction of sp³-hybridized carbons (Fsp3) is 1.00. The molecule has 0 unspecified atom stereocenters. The molecule has 5 heteroatoms. The zero-order valence-corrected chi connectivity index (χ0v) is 9.42. The fourth-order valence-corrected chi connectivity index (χ4v) is 0.500. The van der Waals surface area contributed by atoms with Crippen LogP contribution in [0.4, 0.5) is 0 Å². The molecule has 0 N–H and O–H groups in total. The quantitative estimate of drug-likeness (QED) is 0.675. The molecule has 11 heavy (non-hydrogen) atoms. The van der Waals surface area contributed by atoms with Crippen LogP contribution < -0.4 is 0 Å². The first-order valence-corrected chi connectivity index (χ1v) is 2.91. The zero-order valence-electron chi connectivity index (χ0n) is 6.87. The second-order valence-electron chi connectivity index (χ2n) is 1.71. The number of hydrogen-bond acceptors (Lipinski definition) is 0. The molecule has 68 valence electrons. The molecule has 2 radical (unpaired) electrons. The van der Waals surface area contributed by atoms with Crippen molar-refractivity contribution in [3.05, 3.63) is 0 Å². The van der Waals surface area contributed by atoms with Crippen LogP contribution in [0.5, 0.6) is 0 Å². The summed E-state index contributed by atoms with van der Waals surface area (Å²) in [6.07, 6.45) is 5.54. The Labute approximate surface area is 90.8 Å². The summed E-state index contributed by atoms with van der Waals surface area (Å²) in [5.41, 5.74) is 0. The van der Waals surface area contributed by atoms with E-state index < -0.39 is 0 Å². The van der Waals surface area contributed by atoms with Crippen LogP contribution in [0.25, 0.3) is 0 Å². The summed E-state index contributed by atoms with van der Waals surface area (Å²) in [6.45, 7) is 4.46. The summed E-state index contributed by atoms with van der Waals surface area (Å²) in [6, 6.07) is 0. The second-order valence-corrected chi connectivity index (χ2v) is 1.71. The number of rotatable bonds is 3. The van der Waals surface area contributed by atoms with E-state index in [4.69, 9.17) is 0 Å². The molecule has 0 aliphatic heterocycles. The van der Waals surface area contributed by atoms with E-state index in [-0.39, 0.29) is 51.2 Å². The van der Waals surface area contributed by atoms with Crippen LogP contribution in [0.3, 0.4) is 0 Å². The van der Waals surface area contributed by atoms with Gasteiger partial charge in [0.1, 0.15) is 0 Å². The minimum Gasteiger partial charge on any atom is -2.00 e. The monoisotopic (exact) mass is 238 g/mol. The van der Waals surface area contributed by atoms with Gasteiger partial charge in [0.2, 0.25) is 0 Å². The average molecular weight is 238 g/mol.